The molecule has 1 unspecified atom stereocenters. The van der Waals surface area contributed by atoms with Gasteiger partial charge in [-0.05, 0) is 108 Å². The lowest BCUT2D eigenvalue weighted by molar-refractivity contribution is 0.720. The maximum Gasteiger partial charge on any atom is 0.164 e. The Morgan fingerprint density at radius 2 is 0.732 bits per heavy atom. The first kappa shape index (κ1) is 44.4. The quantitative estimate of drug-likeness (QED) is 0.115. The third-order valence-corrected chi connectivity index (χ3v) is 13.0. The van der Waals surface area contributed by atoms with E-state index < -0.39 is 0 Å². The topological polar surface area (TPSA) is 51.6 Å². The van der Waals surface area contributed by atoms with Crippen molar-refractivity contribution in [3.8, 4) is 45.3 Å². The molecule has 338 valence electrons. The summed E-state index contributed by atoms with van der Waals surface area (Å²) >= 11 is 0. The maximum atomic E-state index is 5.40. The number of allylic oxidation sites excluding steroid dienone is 5. The highest BCUT2D eigenvalue weighted by atomic mass is 15.0. The molecule has 0 N–H and O–H groups in total. The minimum absolute atomic E-state index is 0.392. The normalized spacial score (nSPS) is 13.0. The van der Waals surface area contributed by atoms with Crippen molar-refractivity contribution in [2.24, 2.45) is 5.92 Å². The molecule has 1 atom stereocenters. The lowest BCUT2D eigenvalue weighted by atomic mass is 9.81. The number of pyridine rings is 1. The van der Waals surface area contributed by atoms with Crippen LogP contribution in [0, 0.1) is 5.92 Å². The summed E-state index contributed by atoms with van der Waals surface area (Å²) < 4.78 is 0. The van der Waals surface area contributed by atoms with E-state index in [0.717, 1.165) is 84.3 Å². The smallest absolute Gasteiger partial charge is 0.164 e. The number of nitrogens with zero attached hydrogens (tertiary/aromatic N) is 4. The van der Waals surface area contributed by atoms with Gasteiger partial charge in [0.25, 0.3) is 0 Å². The third-order valence-electron chi connectivity index (χ3n) is 13.0. The fraction of sp³-hybridized carbons (Fsp3) is 0.0448. The van der Waals surface area contributed by atoms with Gasteiger partial charge in [0.05, 0.1) is 0 Å². The lowest BCUT2D eigenvalue weighted by Crippen LogP contribution is -2.05. The molecule has 0 saturated carbocycles. The number of aromatic nitrogens is 4. The van der Waals surface area contributed by atoms with Crippen LogP contribution in [0.1, 0.15) is 52.3 Å². The Morgan fingerprint density at radius 3 is 1.17 bits per heavy atom. The summed E-state index contributed by atoms with van der Waals surface area (Å²) in [6.45, 7) is 2.29. The van der Waals surface area contributed by atoms with Crippen molar-refractivity contribution < 1.29 is 0 Å². The molecule has 0 amide bonds. The molecule has 0 aliphatic heterocycles. The van der Waals surface area contributed by atoms with Gasteiger partial charge in [-0.2, -0.15) is 0 Å². The van der Waals surface area contributed by atoms with Gasteiger partial charge in [0, 0.05) is 29.1 Å². The van der Waals surface area contributed by atoms with Crippen LogP contribution >= 0.6 is 0 Å². The highest BCUT2D eigenvalue weighted by Crippen LogP contribution is 2.42. The summed E-state index contributed by atoms with van der Waals surface area (Å²) in [4.78, 5) is 20.4. The predicted octanol–water partition coefficient (Wildman–Crippen LogP) is 16.4. The Balaban J connectivity index is 1.12. The van der Waals surface area contributed by atoms with E-state index in [4.69, 9.17) is 15.0 Å². The zero-order chi connectivity index (χ0) is 47.8. The molecule has 0 spiro atoms. The fourth-order valence-electron chi connectivity index (χ4n) is 9.65. The average Bonchev–Trinajstić information content (AvgIpc) is 3.45. The zero-order valence-electron chi connectivity index (χ0n) is 39.5. The first-order valence-corrected chi connectivity index (χ1v) is 24.2. The van der Waals surface area contributed by atoms with E-state index >= 15 is 0 Å². The molecule has 4 nitrogen and oxygen atoms in total. The van der Waals surface area contributed by atoms with Gasteiger partial charge in [-0.15, -0.1) is 0 Å². The molecule has 1 aliphatic rings. The van der Waals surface area contributed by atoms with Crippen molar-refractivity contribution >= 4 is 22.3 Å². The van der Waals surface area contributed by atoms with Gasteiger partial charge in [-0.25, -0.2) is 15.0 Å². The van der Waals surface area contributed by atoms with Crippen molar-refractivity contribution in [1.82, 2.24) is 19.9 Å². The highest BCUT2D eigenvalue weighted by molar-refractivity contribution is 6.06. The van der Waals surface area contributed by atoms with Gasteiger partial charge >= 0.3 is 0 Å². The van der Waals surface area contributed by atoms with Crippen molar-refractivity contribution in [2.75, 3.05) is 0 Å². The van der Waals surface area contributed by atoms with Crippen LogP contribution < -0.4 is 0 Å². The summed E-state index contributed by atoms with van der Waals surface area (Å²) in [5, 5.41) is 0. The van der Waals surface area contributed by atoms with E-state index in [-0.39, 0.29) is 0 Å². The van der Waals surface area contributed by atoms with Crippen LogP contribution in [-0.4, -0.2) is 19.9 Å². The highest BCUT2D eigenvalue weighted by Gasteiger charge is 2.23. The summed E-state index contributed by atoms with van der Waals surface area (Å²) in [6.07, 6.45) is 11.4. The Labute approximate surface area is 416 Å². The monoisotopic (exact) mass is 910 g/mol. The van der Waals surface area contributed by atoms with E-state index in [1.807, 2.05) is 12.3 Å². The molecular formula is C67H50N4. The van der Waals surface area contributed by atoms with Crippen LogP contribution in [0.25, 0.3) is 67.6 Å². The molecule has 0 bridgehead atoms. The average molecular weight is 911 g/mol. The van der Waals surface area contributed by atoms with E-state index in [0.29, 0.717) is 23.4 Å². The SMILES string of the molecule is CC1C=CC=C(C(=C(c2ccccc2)c2ccccc2)c2cccc(-c3nc(-c4ccc(-c5cccnc5)cc4)nc(-c4cccc(C(=C(c5ccccc5)c5ccccc5)c5ccccc5)c4)n3)c2)C1. The van der Waals surface area contributed by atoms with E-state index in [1.165, 1.54) is 16.7 Å². The van der Waals surface area contributed by atoms with E-state index in [1.54, 1.807) is 6.20 Å². The standard InChI is InChI=1S/C67H50N4/c1-47-21-17-32-55(43-47)64(62(51-26-11-4-12-27-51)52-28-13-5-14-29-52)57-34-19-36-59(45-57)67-70-65(54-40-38-48(39-41-54)60-37-20-42-68-46-60)69-66(71-67)58-35-18-33-56(44-58)63(53-30-15-6-16-31-53)61(49-22-7-2-8-23-49)50-24-9-3-10-25-50/h2-42,44-47H,43H2,1H3. The molecule has 11 rings (SSSR count). The summed E-state index contributed by atoms with van der Waals surface area (Å²) in [7, 11) is 0. The number of benzene rings is 8. The second-order valence-corrected chi connectivity index (χ2v) is 17.9. The van der Waals surface area contributed by atoms with Crippen LogP contribution in [0.3, 0.4) is 0 Å². The summed E-state index contributed by atoms with van der Waals surface area (Å²) in [5.41, 5.74) is 18.6. The maximum absolute atomic E-state index is 5.40. The van der Waals surface area contributed by atoms with Crippen LogP contribution in [0.2, 0.25) is 0 Å². The van der Waals surface area contributed by atoms with Gasteiger partial charge in [0.15, 0.2) is 17.5 Å². The van der Waals surface area contributed by atoms with Gasteiger partial charge in [0.1, 0.15) is 0 Å². The minimum atomic E-state index is 0.392. The lowest BCUT2D eigenvalue weighted by Gasteiger charge is -2.23. The van der Waals surface area contributed by atoms with Gasteiger partial charge < -0.3 is 0 Å². The molecule has 10 aromatic rings. The second kappa shape index (κ2) is 20.6. The third kappa shape index (κ3) is 9.78. The van der Waals surface area contributed by atoms with Crippen LogP contribution in [0.5, 0.6) is 0 Å². The van der Waals surface area contributed by atoms with Crippen LogP contribution in [0.15, 0.2) is 273 Å². The molecule has 0 saturated heterocycles. The molecular weight excluding hydrogens is 861 g/mol. The number of hydrogen-bond donors (Lipinski definition) is 0. The van der Waals surface area contributed by atoms with E-state index in [9.17, 15) is 0 Å². The Kier molecular flexibility index (Phi) is 12.9. The Bertz CT molecular complexity index is 3480. The number of rotatable bonds is 12. The predicted molar refractivity (Wildman–Crippen MR) is 294 cm³/mol. The molecule has 8 aromatic carbocycles. The fourth-order valence-corrected chi connectivity index (χ4v) is 9.65. The first-order valence-electron chi connectivity index (χ1n) is 24.2. The van der Waals surface area contributed by atoms with Crippen molar-refractivity contribution in [1.29, 1.82) is 0 Å². The molecule has 0 radical (unpaired) electrons. The van der Waals surface area contributed by atoms with Gasteiger partial charge in [0.2, 0.25) is 0 Å². The van der Waals surface area contributed by atoms with E-state index in [2.05, 4.69) is 261 Å². The molecule has 71 heavy (non-hydrogen) atoms. The molecule has 2 heterocycles. The van der Waals surface area contributed by atoms with Crippen LogP contribution in [0.4, 0.5) is 0 Å². The molecule has 1 aliphatic carbocycles. The van der Waals surface area contributed by atoms with Crippen LogP contribution in [-0.2, 0) is 0 Å². The Hall–Kier alpha value is -9.12. The Morgan fingerprint density at radius 1 is 0.352 bits per heavy atom. The zero-order valence-corrected chi connectivity index (χ0v) is 39.5. The largest absolute Gasteiger partial charge is 0.264 e. The summed E-state index contributed by atoms with van der Waals surface area (Å²) in [6, 6.07) is 83.4. The molecule has 4 heteroatoms. The summed E-state index contributed by atoms with van der Waals surface area (Å²) in [5.74, 6) is 2.16. The van der Waals surface area contributed by atoms with Crippen molar-refractivity contribution in [3.63, 3.8) is 0 Å². The van der Waals surface area contributed by atoms with Crippen molar-refractivity contribution in [3.05, 3.63) is 312 Å². The van der Waals surface area contributed by atoms with Gasteiger partial charge in [-0.3, -0.25) is 4.98 Å². The van der Waals surface area contributed by atoms with Gasteiger partial charge in [-0.1, -0.05) is 244 Å². The number of hydrogen-bond acceptors (Lipinski definition) is 4. The minimum Gasteiger partial charge on any atom is -0.264 e. The second-order valence-electron chi connectivity index (χ2n) is 17.9. The molecule has 0 fully saturated rings. The molecule has 2 aromatic heterocycles. The van der Waals surface area contributed by atoms with Crippen molar-refractivity contribution in [2.45, 2.75) is 13.3 Å². The first-order chi connectivity index (χ1) is 35.1.